The number of carboxylic acids is 1. The summed E-state index contributed by atoms with van der Waals surface area (Å²) in [5.74, 6) is -1.47. The SMILES string of the molecule is O=C(O)CCCC1Cc2ccc(F)cc2C1=O. The molecule has 0 radical (unpaired) electrons. The molecule has 1 unspecified atom stereocenters. The van der Waals surface area contributed by atoms with Crippen molar-refractivity contribution in [2.75, 3.05) is 0 Å². The lowest BCUT2D eigenvalue weighted by atomic mass is 9.98. The van der Waals surface area contributed by atoms with Gasteiger partial charge in [0, 0.05) is 17.9 Å². The molecule has 1 N–H and O–H groups in total. The molecule has 90 valence electrons. The van der Waals surface area contributed by atoms with E-state index in [4.69, 9.17) is 5.11 Å². The Hall–Kier alpha value is -1.71. The minimum Gasteiger partial charge on any atom is -0.481 e. The van der Waals surface area contributed by atoms with Crippen molar-refractivity contribution in [3.63, 3.8) is 0 Å². The van der Waals surface area contributed by atoms with Crippen LogP contribution in [0.1, 0.15) is 35.2 Å². The third-order valence-corrected chi connectivity index (χ3v) is 3.12. The molecule has 0 aliphatic heterocycles. The van der Waals surface area contributed by atoms with Gasteiger partial charge < -0.3 is 5.11 Å². The maximum absolute atomic E-state index is 13.0. The van der Waals surface area contributed by atoms with Crippen molar-refractivity contribution in [2.24, 2.45) is 5.92 Å². The lowest BCUT2D eigenvalue weighted by Crippen LogP contribution is -2.09. The standard InChI is InChI=1S/C13H13FO3/c14-10-5-4-8-6-9(2-1-3-12(15)16)13(17)11(8)7-10/h4-5,7,9H,1-3,6H2,(H,15,16). The number of carbonyl (C=O) groups is 2. The quantitative estimate of drug-likeness (QED) is 0.873. The van der Waals surface area contributed by atoms with Gasteiger partial charge in [-0.25, -0.2) is 4.39 Å². The molecular formula is C13H13FO3. The molecule has 1 aromatic rings. The van der Waals surface area contributed by atoms with E-state index in [0.717, 1.165) is 5.56 Å². The molecule has 0 spiro atoms. The smallest absolute Gasteiger partial charge is 0.303 e. The van der Waals surface area contributed by atoms with E-state index >= 15 is 0 Å². The number of hydrogen-bond acceptors (Lipinski definition) is 2. The van der Waals surface area contributed by atoms with Gasteiger partial charge >= 0.3 is 5.97 Å². The number of carboxylic acid groups (broad SMARTS) is 1. The summed E-state index contributed by atoms with van der Waals surface area (Å²) in [5, 5.41) is 8.53. The largest absolute Gasteiger partial charge is 0.481 e. The summed E-state index contributed by atoms with van der Waals surface area (Å²) in [6, 6.07) is 4.26. The first-order chi connectivity index (χ1) is 8.08. The van der Waals surface area contributed by atoms with Crippen LogP contribution in [0, 0.1) is 11.7 Å². The van der Waals surface area contributed by atoms with Crippen molar-refractivity contribution >= 4 is 11.8 Å². The van der Waals surface area contributed by atoms with Crippen LogP contribution in [-0.4, -0.2) is 16.9 Å². The predicted molar refractivity (Wildman–Crippen MR) is 59.4 cm³/mol. The molecule has 17 heavy (non-hydrogen) atoms. The van der Waals surface area contributed by atoms with Gasteiger partial charge in [0.1, 0.15) is 5.82 Å². The van der Waals surface area contributed by atoms with Gasteiger partial charge in [-0.15, -0.1) is 0 Å². The highest BCUT2D eigenvalue weighted by molar-refractivity contribution is 6.02. The number of halogens is 1. The van der Waals surface area contributed by atoms with Crippen LogP contribution >= 0.6 is 0 Å². The number of carbonyl (C=O) groups excluding carboxylic acids is 1. The van der Waals surface area contributed by atoms with Crippen molar-refractivity contribution in [1.82, 2.24) is 0 Å². The molecule has 3 nitrogen and oxygen atoms in total. The first-order valence-electron chi connectivity index (χ1n) is 5.62. The summed E-state index contributed by atoms with van der Waals surface area (Å²) < 4.78 is 13.0. The molecule has 0 bridgehead atoms. The predicted octanol–water partition coefficient (Wildman–Crippen LogP) is 2.44. The number of Topliss-reactive ketones (excluding diaryl/α,β-unsaturated/α-hetero) is 1. The van der Waals surface area contributed by atoms with Gasteiger partial charge in [-0.2, -0.15) is 0 Å². The topological polar surface area (TPSA) is 54.4 Å². The van der Waals surface area contributed by atoms with Crippen LogP contribution in [0.25, 0.3) is 0 Å². The Balaban J connectivity index is 2.02. The normalized spacial score (nSPS) is 18.2. The highest BCUT2D eigenvalue weighted by Crippen LogP contribution is 2.30. The fourth-order valence-corrected chi connectivity index (χ4v) is 2.27. The highest BCUT2D eigenvalue weighted by Gasteiger charge is 2.30. The Morgan fingerprint density at radius 3 is 2.94 bits per heavy atom. The van der Waals surface area contributed by atoms with Gasteiger partial charge in [0.15, 0.2) is 5.78 Å². The molecule has 1 aliphatic carbocycles. The Kier molecular flexibility index (Phi) is 3.22. The molecule has 0 heterocycles. The molecule has 1 aromatic carbocycles. The van der Waals surface area contributed by atoms with Crippen LogP contribution in [0.5, 0.6) is 0 Å². The number of aliphatic carboxylic acids is 1. The molecule has 1 aliphatic rings. The van der Waals surface area contributed by atoms with Gasteiger partial charge in [0.05, 0.1) is 0 Å². The maximum Gasteiger partial charge on any atom is 0.303 e. The number of ketones is 1. The maximum atomic E-state index is 13.0. The summed E-state index contributed by atoms with van der Waals surface area (Å²) >= 11 is 0. The first kappa shape index (κ1) is 11.8. The van der Waals surface area contributed by atoms with E-state index in [1.807, 2.05) is 0 Å². The minimum absolute atomic E-state index is 0.0510. The fraction of sp³-hybridized carbons (Fsp3) is 0.385. The van der Waals surface area contributed by atoms with Crippen LogP contribution < -0.4 is 0 Å². The summed E-state index contributed by atoms with van der Waals surface area (Å²) in [7, 11) is 0. The molecule has 2 rings (SSSR count). The van der Waals surface area contributed by atoms with E-state index in [1.54, 1.807) is 6.07 Å². The highest BCUT2D eigenvalue weighted by atomic mass is 19.1. The van der Waals surface area contributed by atoms with Gasteiger partial charge in [0.25, 0.3) is 0 Å². The molecule has 4 heteroatoms. The van der Waals surface area contributed by atoms with Crippen molar-refractivity contribution < 1.29 is 19.1 Å². The van der Waals surface area contributed by atoms with Crippen LogP contribution in [0.2, 0.25) is 0 Å². The average Bonchev–Trinajstić information content (AvgIpc) is 2.56. The second-order valence-corrected chi connectivity index (χ2v) is 4.35. The van der Waals surface area contributed by atoms with Crippen LogP contribution in [0.4, 0.5) is 4.39 Å². The van der Waals surface area contributed by atoms with Gasteiger partial charge in [0.2, 0.25) is 0 Å². The second-order valence-electron chi connectivity index (χ2n) is 4.35. The molecule has 1 atom stereocenters. The Labute approximate surface area is 98.3 Å². The van der Waals surface area contributed by atoms with Crippen molar-refractivity contribution in [2.45, 2.75) is 25.7 Å². The zero-order chi connectivity index (χ0) is 12.4. The fourth-order valence-electron chi connectivity index (χ4n) is 2.27. The first-order valence-corrected chi connectivity index (χ1v) is 5.62. The number of rotatable bonds is 4. The molecular weight excluding hydrogens is 223 g/mol. The Morgan fingerprint density at radius 2 is 2.24 bits per heavy atom. The van der Waals surface area contributed by atoms with Crippen LogP contribution in [-0.2, 0) is 11.2 Å². The molecule has 0 amide bonds. The summed E-state index contributed by atoms with van der Waals surface area (Å²) in [4.78, 5) is 22.3. The zero-order valence-electron chi connectivity index (χ0n) is 9.28. The summed E-state index contributed by atoms with van der Waals surface area (Å²) in [5.41, 5.74) is 1.34. The second kappa shape index (κ2) is 4.65. The number of benzene rings is 1. The van der Waals surface area contributed by atoms with E-state index < -0.39 is 11.8 Å². The lowest BCUT2D eigenvalue weighted by Gasteiger charge is -2.05. The summed E-state index contributed by atoms with van der Waals surface area (Å²) in [6.45, 7) is 0. The van der Waals surface area contributed by atoms with E-state index in [1.165, 1.54) is 12.1 Å². The van der Waals surface area contributed by atoms with Crippen molar-refractivity contribution in [3.8, 4) is 0 Å². The van der Waals surface area contributed by atoms with E-state index in [0.29, 0.717) is 24.8 Å². The molecule has 0 saturated carbocycles. The average molecular weight is 236 g/mol. The van der Waals surface area contributed by atoms with E-state index in [-0.39, 0.29) is 18.1 Å². The van der Waals surface area contributed by atoms with Gasteiger partial charge in [-0.3, -0.25) is 9.59 Å². The van der Waals surface area contributed by atoms with Gasteiger partial charge in [-0.1, -0.05) is 6.07 Å². The van der Waals surface area contributed by atoms with Gasteiger partial charge in [-0.05, 0) is 37.0 Å². The van der Waals surface area contributed by atoms with Crippen LogP contribution in [0.15, 0.2) is 18.2 Å². The monoisotopic (exact) mass is 236 g/mol. The van der Waals surface area contributed by atoms with E-state index in [2.05, 4.69) is 0 Å². The number of fused-ring (bicyclic) bond motifs is 1. The summed E-state index contributed by atoms with van der Waals surface area (Å²) in [6.07, 6.45) is 1.73. The third kappa shape index (κ3) is 2.52. The molecule has 0 fully saturated rings. The minimum atomic E-state index is -0.848. The van der Waals surface area contributed by atoms with Crippen LogP contribution in [0.3, 0.4) is 0 Å². The lowest BCUT2D eigenvalue weighted by molar-refractivity contribution is -0.137. The van der Waals surface area contributed by atoms with Crippen molar-refractivity contribution in [3.05, 3.63) is 35.1 Å². The molecule has 0 saturated heterocycles. The van der Waals surface area contributed by atoms with E-state index in [9.17, 15) is 14.0 Å². The van der Waals surface area contributed by atoms with Crippen molar-refractivity contribution in [1.29, 1.82) is 0 Å². The Bertz CT molecular complexity index is 468. The Morgan fingerprint density at radius 1 is 1.47 bits per heavy atom. The zero-order valence-corrected chi connectivity index (χ0v) is 9.28. The third-order valence-electron chi connectivity index (χ3n) is 3.12. The number of hydrogen-bond donors (Lipinski definition) is 1. The molecule has 0 aromatic heterocycles.